The summed E-state index contributed by atoms with van der Waals surface area (Å²) in [6, 6.07) is 14.3. The van der Waals surface area contributed by atoms with E-state index in [4.69, 9.17) is 23.2 Å². The van der Waals surface area contributed by atoms with Gasteiger partial charge in [0, 0.05) is 41.2 Å². The van der Waals surface area contributed by atoms with E-state index in [9.17, 15) is 4.79 Å². The molecule has 0 atom stereocenters. The van der Waals surface area contributed by atoms with Gasteiger partial charge in [0.25, 0.3) is 0 Å². The lowest BCUT2D eigenvalue weighted by molar-refractivity contribution is -0.126. The molecular weight excluding hydrogens is 453 g/mol. The van der Waals surface area contributed by atoms with Gasteiger partial charge in [0.1, 0.15) is 0 Å². The molecule has 4 nitrogen and oxygen atoms in total. The maximum atomic E-state index is 12.8. The Bertz CT molecular complexity index is 914. The molecule has 2 aliphatic heterocycles. The molecule has 2 saturated heterocycles. The molecule has 0 aromatic heterocycles. The zero-order valence-corrected chi connectivity index (χ0v) is 21.0. The van der Waals surface area contributed by atoms with Crippen LogP contribution < -0.4 is 5.32 Å². The van der Waals surface area contributed by atoms with Crippen molar-refractivity contribution < 1.29 is 4.79 Å². The van der Waals surface area contributed by atoms with Crippen molar-refractivity contribution in [1.29, 1.82) is 0 Å². The molecule has 0 unspecified atom stereocenters. The van der Waals surface area contributed by atoms with Crippen molar-refractivity contribution in [2.24, 2.45) is 11.8 Å². The van der Waals surface area contributed by atoms with Crippen LogP contribution >= 0.6 is 23.2 Å². The predicted octanol–water partition coefficient (Wildman–Crippen LogP) is 5.75. The second-order valence-corrected chi connectivity index (χ2v) is 10.6. The summed E-state index contributed by atoms with van der Waals surface area (Å²) in [6.07, 6.45) is 4.31. The lowest BCUT2D eigenvalue weighted by Gasteiger charge is -2.31. The van der Waals surface area contributed by atoms with Crippen molar-refractivity contribution in [3.8, 4) is 0 Å². The Balaban J connectivity index is 1.22. The molecule has 178 valence electrons. The average molecular weight is 489 g/mol. The van der Waals surface area contributed by atoms with Gasteiger partial charge in [-0.15, -0.1) is 0 Å². The Morgan fingerprint density at radius 3 is 2.15 bits per heavy atom. The molecule has 2 heterocycles. The molecule has 6 heteroatoms. The van der Waals surface area contributed by atoms with E-state index in [-0.39, 0.29) is 11.8 Å². The van der Waals surface area contributed by atoms with Gasteiger partial charge in [-0.2, -0.15) is 0 Å². The number of hydrogen-bond donors (Lipinski definition) is 1. The number of halogens is 2. The Morgan fingerprint density at radius 1 is 0.879 bits per heavy atom. The lowest BCUT2D eigenvalue weighted by Crippen LogP contribution is -2.40. The molecule has 0 aliphatic carbocycles. The van der Waals surface area contributed by atoms with Crippen molar-refractivity contribution in [3.63, 3.8) is 0 Å². The first-order chi connectivity index (χ1) is 16.0. The van der Waals surface area contributed by atoms with Crippen molar-refractivity contribution in [1.82, 2.24) is 15.1 Å². The summed E-state index contributed by atoms with van der Waals surface area (Å²) in [6.45, 7) is 8.80. The number of carbonyl (C=O) groups excluding carboxylic acids is 1. The highest BCUT2D eigenvalue weighted by Gasteiger charge is 2.25. The Labute approximate surface area is 208 Å². The number of hydrogen-bond acceptors (Lipinski definition) is 3. The third-order valence-electron chi connectivity index (χ3n) is 7.14. The molecule has 1 amide bonds. The van der Waals surface area contributed by atoms with Gasteiger partial charge in [-0.1, -0.05) is 60.5 Å². The Hall–Kier alpha value is -1.59. The van der Waals surface area contributed by atoms with Crippen LogP contribution in [-0.2, 0) is 24.4 Å². The lowest BCUT2D eigenvalue weighted by atomic mass is 9.95. The van der Waals surface area contributed by atoms with Crippen molar-refractivity contribution in [2.45, 2.75) is 52.2 Å². The summed E-state index contributed by atoms with van der Waals surface area (Å²) >= 11 is 12.6. The van der Waals surface area contributed by atoms with Crippen LogP contribution in [0.2, 0.25) is 10.0 Å². The van der Waals surface area contributed by atoms with Crippen LogP contribution in [0.3, 0.4) is 0 Å². The van der Waals surface area contributed by atoms with E-state index >= 15 is 0 Å². The third-order valence-corrected chi connectivity index (χ3v) is 7.85. The number of carbonyl (C=O) groups is 1. The topological polar surface area (TPSA) is 35.6 Å². The smallest absolute Gasteiger partial charge is 0.223 e. The minimum atomic E-state index is 0.0708. The normalized spacial score (nSPS) is 19.0. The fraction of sp³-hybridized carbons (Fsp3) is 0.519. The second kappa shape index (κ2) is 11.7. The van der Waals surface area contributed by atoms with Crippen molar-refractivity contribution in [2.75, 3.05) is 26.2 Å². The highest BCUT2D eigenvalue weighted by Crippen LogP contribution is 2.28. The molecule has 1 N–H and O–H groups in total. The van der Waals surface area contributed by atoms with Crippen molar-refractivity contribution >= 4 is 29.1 Å². The molecule has 0 radical (unpaired) electrons. The number of benzene rings is 2. The van der Waals surface area contributed by atoms with Crippen LogP contribution in [0.1, 0.15) is 49.3 Å². The van der Waals surface area contributed by atoms with Crippen LogP contribution in [0.4, 0.5) is 0 Å². The highest BCUT2D eigenvalue weighted by atomic mass is 35.5. The maximum Gasteiger partial charge on any atom is 0.223 e. The van der Waals surface area contributed by atoms with Gasteiger partial charge >= 0.3 is 0 Å². The van der Waals surface area contributed by atoms with Crippen LogP contribution in [0.15, 0.2) is 42.5 Å². The van der Waals surface area contributed by atoms with Gasteiger partial charge in [0.05, 0.1) is 0 Å². The standard InChI is InChI=1S/C27H35Cl2N3O/c1-20-8-12-31(13-9-20)18-22-5-2-4-21(16-22)17-30-27(33)23-10-14-32(15-11-23)19-24-25(28)6-3-7-26(24)29/h2-7,16,20,23H,8-15,17-19H2,1H3,(H,30,33). The second-order valence-electron chi connectivity index (χ2n) is 9.75. The summed E-state index contributed by atoms with van der Waals surface area (Å²) in [4.78, 5) is 17.7. The molecular formula is C27H35Cl2N3O. The van der Waals surface area contributed by atoms with Crippen LogP contribution in [0.5, 0.6) is 0 Å². The van der Waals surface area contributed by atoms with E-state index in [1.807, 2.05) is 18.2 Å². The third kappa shape index (κ3) is 6.95. The Kier molecular flexibility index (Phi) is 8.70. The van der Waals surface area contributed by atoms with E-state index in [0.29, 0.717) is 16.6 Å². The number of nitrogens with zero attached hydrogens (tertiary/aromatic N) is 2. The summed E-state index contributed by atoms with van der Waals surface area (Å²) in [5, 5.41) is 4.59. The fourth-order valence-corrected chi connectivity index (χ4v) is 5.43. The first kappa shape index (κ1) is 24.5. The zero-order chi connectivity index (χ0) is 23.2. The van der Waals surface area contributed by atoms with Gasteiger partial charge in [-0.05, 0) is 81.0 Å². The monoisotopic (exact) mass is 487 g/mol. The zero-order valence-electron chi connectivity index (χ0n) is 19.5. The van der Waals surface area contributed by atoms with Crippen LogP contribution in [-0.4, -0.2) is 41.9 Å². The van der Waals surface area contributed by atoms with E-state index in [1.54, 1.807) is 0 Å². The minimum Gasteiger partial charge on any atom is -0.352 e. The van der Waals surface area contributed by atoms with Crippen molar-refractivity contribution in [3.05, 3.63) is 69.2 Å². The first-order valence-corrected chi connectivity index (χ1v) is 13.0. The summed E-state index contributed by atoms with van der Waals surface area (Å²) in [7, 11) is 0. The van der Waals surface area contributed by atoms with E-state index in [2.05, 4.69) is 46.3 Å². The number of likely N-dealkylation sites (tertiary alicyclic amines) is 2. The fourth-order valence-electron chi connectivity index (χ4n) is 4.91. The predicted molar refractivity (Wildman–Crippen MR) is 136 cm³/mol. The average Bonchev–Trinajstić information content (AvgIpc) is 2.82. The highest BCUT2D eigenvalue weighted by molar-refractivity contribution is 6.35. The van der Waals surface area contributed by atoms with Gasteiger partial charge in [-0.25, -0.2) is 0 Å². The van der Waals surface area contributed by atoms with E-state index in [1.165, 1.54) is 37.1 Å². The number of rotatable bonds is 7. The quantitative estimate of drug-likeness (QED) is 0.539. The molecule has 0 saturated carbocycles. The maximum absolute atomic E-state index is 12.8. The minimum absolute atomic E-state index is 0.0708. The van der Waals surface area contributed by atoms with Gasteiger partial charge in [0.2, 0.25) is 5.91 Å². The molecule has 0 spiro atoms. The number of amides is 1. The molecule has 2 aromatic carbocycles. The Morgan fingerprint density at radius 2 is 1.45 bits per heavy atom. The largest absolute Gasteiger partial charge is 0.352 e. The molecule has 0 bridgehead atoms. The summed E-state index contributed by atoms with van der Waals surface area (Å²) < 4.78 is 0. The van der Waals surface area contributed by atoms with Gasteiger partial charge in [-0.3, -0.25) is 14.6 Å². The number of piperidine rings is 2. The molecule has 2 fully saturated rings. The molecule has 2 aliphatic rings. The van der Waals surface area contributed by atoms with Gasteiger partial charge in [0.15, 0.2) is 0 Å². The molecule has 33 heavy (non-hydrogen) atoms. The first-order valence-electron chi connectivity index (χ1n) is 12.2. The van der Waals surface area contributed by atoms with Crippen LogP contribution in [0, 0.1) is 11.8 Å². The van der Waals surface area contributed by atoms with E-state index < -0.39 is 0 Å². The summed E-state index contributed by atoms with van der Waals surface area (Å²) in [5.74, 6) is 1.09. The summed E-state index contributed by atoms with van der Waals surface area (Å²) in [5.41, 5.74) is 3.49. The molecule has 2 aromatic rings. The molecule has 4 rings (SSSR count). The number of nitrogens with one attached hydrogen (secondary N) is 1. The van der Waals surface area contributed by atoms with E-state index in [0.717, 1.165) is 50.5 Å². The van der Waals surface area contributed by atoms with Crippen LogP contribution in [0.25, 0.3) is 0 Å². The SMILES string of the molecule is CC1CCN(Cc2cccc(CNC(=O)C3CCN(Cc4c(Cl)cccc4Cl)CC3)c2)CC1. The van der Waals surface area contributed by atoms with Gasteiger partial charge < -0.3 is 5.32 Å².